The molecule has 4 N–H and O–H groups in total. The Hall–Kier alpha value is -4.56. The van der Waals surface area contributed by atoms with E-state index < -0.39 is 35.8 Å². The van der Waals surface area contributed by atoms with Gasteiger partial charge in [-0.1, -0.05) is 18.6 Å². The second-order valence-corrected chi connectivity index (χ2v) is 12.3. The topological polar surface area (TPSA) is 198 Å². The molecule has 1 aromatic rings. The first-order chi connectivity index (χ1) is 22.2. The van der Waals surface area contributed by atoms with Crippen molar-refractivity contribution in [3.8, 4) is 5.75 Å². The molecule has 2 heterocycles. The Morgan fingerprint density at radius 3 is 2.43 bits per heavy atom. The number of imide groups is 1. The molecule has 1 saturated heterocycles. The largest absolute Gasteiger partial charge is 0.479 e. The number of aliphatic hydroxyl groups is 1. The lowest BCUT2D eigenvalue weighted by Crippen LogP contribution is -2.42. The van der Waals surface area contributed by atoms with Gasteiger partial charge in [-0.05, 0) is 57.4 Å². The number of aliphatic hydroxyl groups excluding tert-OH is 1. The van der Waals surface area contributed by atoms with Gasteiger partial charge in [0.1, 0.15) is 12.4 Å². The summed E-state index contributed by atoms with van der Waals surface area (Å²) in [5, 5.41) is 24.9. The maximum absolute atomic E-state index is 12.8. The zero-order valence-corrected chi connectivity index (χ0v) is 26.9. The number of carbonyl (C=O) groups excluding carboxylic acids is 5. The van der Waals surface area contributed by atoms with Crippen LogP contribution in [-0.2, 0) is 38.2 Å². The number of hydrogen-bond acceptors (Lipinski definition) is 10. The van der Waals surface area contributed by atoms with E-state index in [0.717, 1.165) is 4.90 Å². The van der Waals surface area contributed by atoms with E-state index in [1.54, 1.807) is 51.1 Å². The standard InChI is InChI=1S/C33H43N3O11/c1-33(2,3)32(44)45-17-7-8-21-10-11-24(46-30-20-22(37)19-25(47-30)31(42)43)23(18-21)35-27(39)14-15-34-26(38)9-5-4-6-16-36-28(40)12-13-29(36)41/h7-8,10-13,18,22,25,30,37H,4-6,9,14-17,19-20H2,1-3H3,(H,34,38)(H,35,39)(H,42,43)/b8-7+. The van der Waals surface area contributed by atoms with Gasteiger partial charge in [-0.2, -0.15) is 0 Å². The lowest BCUT2D eigenvalue weighted by molar-refractivity contribution is -0.195. The number of aliphatic carboxylic acids is 1. The van der Waals surface area contributed by atoms with Crippen molar-refractivity contribution < 1.29 is 53.2 Å². The van der Waals surface area contributed by atoms with Crippen molar-refractivity contribution in [2.75, 3.05) is 25.0 Å². The second kappa shape index (κ2) is 17.4. The molecule has 47 heavy (non-hydrogen) atoms. The number of rotatable bonds is 16. The first-order valence-electron chi connectivity index (χ1n) is 15.5. The predicted octanol–water partition coefficient (Wildman–Crippen LogP) is 2.55. The average molecular weight is 658 g/mol. The van der Waals surface area contributed by atoms with Crippen LogP contribution in [0.15, 0.2) is 36.4 Å². The zero-order chi connectivity index (χ0) is 34.6. The summed E-state index contributed by atoms with van der Waals surface area (Å²) in [5.74, 6) is -2.75. The van der Waals surface area contributed by atoms with E-state index in [1.165, 1.54) is 12.2 Å². The third-order valence-corrected chi connectivity index (χ3v) is 7.17. The number of nitrogens with one attached hydrogen (secondary N) is 2. The third-order valence-electron chi connectivity index (χ3n) is 7.17. The van der Waals surface area contributed by atoms with Gasteiger partial charge >= 0.3 is 11.9 Å². The van der Waals surface area contributed by atoms with E-state index in [4.69, 9.17) is 14.2 Å². The van der Waals surface area contributed by atoms with Gasteiger partial charge in [0.05, 0.1) is 17.2 Å². The molecule has 3 rings (SSSR count). The molecule has 14 nitrogen and oxygen atoms in total. The number of unbranched alkanes of at least 4 members (excludes halogenated alkanes) is 2. The summed E-state index contributed by atoms with van der Waals surface area (Å²) in [7, 11) is 0. The van der Waals surface area contributed by atoms with Crippen molar-refractivity contribution in [2.24, 2.45) is 5.41 Å². The summed E-state index contributed by atoms with van der Waals surface area (Å²) in [6.45, 7) is 5.65. The van der Waals surface area contributed by atoms with E-state index in [9.17, 15) is 39.0 Å². The molecular weight excluding hydrogens is 614 g/mol. The maximum atomic E-state index is 12.8. The van der Waals surface area contributed by atoms with Crippen LogP contribution in [0.4, 0.5) is 5.69 Å². The van der Waals surface area contributed by atoms with Gasteiger partial charge in [-0.15, -0.1) is 0 Å². The van der Waals surface area contributed by atoms with Gasteiger partial charge in [0.15, 0.2) is 6.10 Å². The SMILES string of the molecule is CC(C)(C)C(=O)OC/C=C/c1ccc(OC2CC(O)CC(C(=O)O)O2)c(NC(=O)CCNC(=O)CCCCCN2C(=O)C=CC2=O)c1. The smallest absolute Gasteiger partial charge is 0.333 e. The molecule has 0 aliphatic carbocycles. The zero-order valence-electron chi connectivity index (χ0n) is 26.9. The number of anilines is 1. The number of carboxylic acids is 1. The minimum Gasteiger partial charge on any atom is -0.479 e. The highest BCUT2D eigenvalue weighted by molar-refractivity contribution is 6.12. The summed E-state index contributed by atoms with van der Waals surface area (Å²) in [6.07, 6.45) is 4.40. The fraction of sp³-hybridized carbons (Fsp3) is 0.515. The van der Waals surface area contributed by atoms with Gasteiger partial charge < -0.3 is 35.1 Å². The summed E-state index contributed by atoms with van der Waals surface area (Å²) < 4.78 is 16.6. The fourth-order valence-corrected chi connectivity index (χ4v) is 4.61. The van der Waals surface area contributed by atoms with Gasteiger partial charge in [-0.3, -0.25) is 28.9 Å². The number of carbonyl (C=O) groups is 6. The summed E-state index contributed by atoms with van der Waals surface area (Å²) in [6, 6.07) is 4.85. The Morgan fingerprint density at radius 2 is 1.74 bits per heavy atom. The quantitative estimate of drug-likeness (QED) is 0.116. The van der Waals surface area contributed by atoms with Crippen LogP contribution in [0.3, 0.4) is 0 Å². The molecule has 1 fully saturated rings. The van der Waals surface area contributed by atoms with Crippen LogP contribution in [0.1, 0.15) is 71.3 Å². The van der Waals surface area contributed by atoms with Crippen LogP contribution < -0.4 is 15.4 Å². The average Bonchev–Trinajstić information content (AvgIpc) is 3.31. The molecule has 256 valence electrons. The van der Waals surface area contributed by atoms with Gasteiger partial charge in [0.25, 0.3) is 11.8 Å². The molecule has 3 unspecified atom stereocenters. The fourth-order valence-electron chi connectivity index (χ4n) is 4.61. The monoisotopic (exact) mass is 657 g/mol. The molecule has 4 amide bonds. The Balaban J connectivity index is 1.53. The van der Waals surface area contributed by atoms with Crippen molar-refractivity contribution in [1.29, 1.82) is 0 Å². The molecule has 14 heteroatoms. The molecule has 1 aromatic carbocycles. The number of amides is 4. The molecule has 2 aliphatic rings. The highest BCUT2D eigenvalue weighted by Crippen LogP contribution is 2.31. The van der Waals surface area contributed by atoms with Crippen LogP contribution in [0.2, 0.25) is 0 Å². The van der Waals surface area contributed by atoms with E-state index in [2.05, 4.69) is 10.6 Å². The van der Waals surface area contributed by atoms with Crippen molar-refractivity contribution >= 4 is 47.3 Å². The van der Waals surface area contributed by atoms with Gasteiger partial charge in [-0.25, -0.2) is 4.79 Å². The maximum Gasteiger partial charge on any atom is 0.333 e. The molecule has 2 aliphatic heterocycles. The lowest BCUT2D eigenvalue weighted by atomic mass is 9.97. The van der Waals surface area contributed by atoms with E-state index in [-0.39, 0.29) is 74.0 Å². The van der Waals surface area contributed by atoms with Crippen molar-refractivity contribution in [2.45, 2.75) is 84.2 Å². The summed E-state index contributed by atoms with van der Waals surface area (Å²) >= 11 is 0. The number of esters is 1. The Labute approximate surface area is 273 Å². The third kappa shape index (κ3) is 12.3. The van der Waals surface area contributed by atoms with Crippen LogP contribution in [-0.4, -0.2) is 88.9 Å². The molecular formula is C33H43N3O11. The van der Waals surface area contributed by atoms with Crippen LogP contribution >= 0.6 is 0 Å². The molecule has 3 atom stereocenters. The van der Waals surface area contributed by atoms with Crippen LogP contribution in [0.25, 0.3) is 6.08 Å². The Morgan fingerprint density at radius 1 is 1.02 bits per heavy atom. The molecule has 0 saturated carbocycles. The van der Waals surface area contributed by atoms with E-state index in [0.29, 0.717) is 31.4 Å². The molecule has 0 spiro atoms. The molecule has 0 radical (unpaired) electrons. The molecule has 0 bridgehead atoms. The van der Waals surface area contributed by atoms with Crippen LogP contribution in [0.5, 0.6) is 5.75 Å². The number of carboxylic acid groups (broad SMARTS) is 1. The summed E-state index contributed by atoms with van der Waals surface area (Å²) in [4.78, 5) is 72.9. The number of nitrogens with zero attached hydrogens (tertiary/aromatic N) is 1. The highest BCUT2D eigenvalue weighted by atomic mass is 16.7. The molecule has 0 aromatic heterocycles. The summed E-state index contributed by atoms with van der Waals surface area (Å²) in [5.41, 5.74) is 0.237. The normalized spacial score (nSPS) is 19.6. The van der Waals surface area contributed by atoms with Gasteiger partial charge in [0.2, 0.25) is 18.1 Å². The lowest BCUT2D eigenvalue weighted by Gasteiger charge is -2.31. The van der Waals surface area contributed by atoms with Gasteiger partial charge in [0, 0.05) is 50.9 Å². The number of benzene rings is 1. The second-order valence-electron chi connectivity index (χ2n) is 12.3. The number of hydrogen-bond donors (Lipinski definition) is 4. The van der Waals surface area contributed by atoms with Crippen molar-refractivity contribution in [3.63, 3.8) is 0 Å². The van der Waals surface area contributed by atoms with Crippen molar-refractivity contribution in [3.05, 3.63) is 42.0 Å². The van der Waals surface area contributed by atoms with Crippen molar-refractivity contribution in [1.82, 2.24) is 10.2 Å². The van der Waals surface area contributed by atoms with E-state index >= 15 is 0 Å². The number of ether oxygens (including phenoxy) is 3. The first kappa shape index (κ1) is 36.9. The Bertz CT molecular complexity index is 1360. The highest BCUT2D eigenvalue weighted by Gasteiger charge is 2.34. The van der Waals surface area contributed by atoms with E-state index in [1.807, 2.05) is 0 Å². The predicted molar refractivity (Wildman–Crippen MR) is 169 cm³/mol. The minimum absolute atomic E-state index is 0.0235. The van der Waals surface area contributed by atoms with Crippen LogP contribution in [0, 0.1) is 5.41 Å². The first-order valence-corrected chi connectivity index (χ1v) is 15.5. The minimum atomic E-state index is -1.25. The Kier molecular flexibility index (Phi) is 13.6.